The number of nitrogens with one attached hydrogen (secondary N) is 1. The zero-order valence-corrected chi connectivity index (χ0v) is 11.7. The molecule has 7 heteroatoms. The summed E-state index contributed by atoms with van der Waals surface area (Å²) in [5, 5.41) is 14.1. The number of carbonyl (C=O) groups excluding carboxylic acids is 1. The lowest BCUT2D eigenvalue weighted by Crippen LogP contribution is -2.29. The molecule has 19 heavy (non-hydrogen) atoms. The van der Waals surface area contributed by atoms with E-state index in [0.29, 0.717) is 11.8 Å². The lowest BCUT2D eigenvalue weighted by molar-refractivity contribution is -0.384. The van der Waals surface area contributed by atoms with Crippen molar-refractivity contribution in [3.63, 3.8) is 0 Å². The van der Waals surface area contributed by atoms with E-state index in [1.807, 2.05) is 11.8 Å². The number of carbonyl (C=O) groups is 1. The van der Waals surface area contributed by atoms with Crippen molar-refractivity contribution >= 4 is 35.0 Å². The number of thioether (sulfide) groups is 1. The fourth-order valence-electron chi connectivity index (χ4n) is 1.91. The molecule has 1 amide bonds. The Hall–Kier alpha value is -1.27. The summed E-state index contributed by atoms with van der Waals surface area (Å²) < 4.78 is 0. The van der Waals surface area contributed by atoms with Gasteiger partial charge in [0.25, 0.3) is 11.6 Å². The second kappa shape index (κ2) is 6.25. The third-order valence-corrected chi connectivity index (χ3v) is 4.65. The molecule has 1 saturated heterocycles. The normalized spacial score (nSPS) is 18.3. The highest BCUT2D eigenvalue weighted by Crippen LogP contribution is 2.26. The first kappa shape index (κ1) is 14.1. The molecule has 0 aliphatic carbocycles. The van der Waals surface area contributed by atoms with Crippen LogP contribution in [0.3, 0.4) is 0 Å². The predicted molar refractivity (Wildman–Crippen MR) is 75.9 cm³/mol. The van der Waals surface area contributed by atoms with E-state index in [1.54, 1.807) is 0 Å². The number of hydrogen-bond donors (Lipinski definition) is 1. The number of benzene rings is 1. The van der Waals surface area contributed by atoms with Crippen molar-refractivity contribution < 1.29 is 9.72 Å². The third kappa shape index (κ3) is 3.61. The van der Waals surface area contributed by atoms with Crippen molar-refractivity contribution in [2.24, 2.45) is 0 Å². The predicted octanol–water partition coefficient (Wildman–Crippen LogP) is 2.87. The van der Waals surface area contributed by atoms with Crippen LogP contribution in [-0.4, -0.2) is 28.4 Å². The van der Waals surface area contributed by atoms with Crippen molar-refractivity contribution in [2.75, 3.05) is 12.3 Å². The van der Waals surface area contributed by atoms with Gasteiger partial charge < -0.3 is 5.32 Å². The van der Waals surface area contributed by atoms with Gasteiger partial charge in [-0.1, -0.05) is 11.6 Å². The molecule has 1 aliphatic rings. The Kier molecular flexibility index (Phi) is 4.66. The fraction of sp³-hybridized carbons (Fsp3) is 0.417. The first-order chi connectivity index (χ1) is 9.08. The van der Waals surface area contributed by atoms with Crippen LogP contribution in [0.25, 0.3) is 0 Å². The Morgan fingerprint density at radius 2 is 2.37 bits per heavy atom. The minimum Gasteiger partial charge on any atom is -0.351 e. The van der Waals surface area contributed by atoms with Crippen LogP contribution in [0.15, 0.2) is 18.2 Å². The molecule has 1 aromatic carbocycles. The number of amides is 1. The van der Waals surface area contributed by atoms with E-state index in [2.05, 4.69) is 5.32 Å². The van der Waals surface area contributed by atoms with Gasteiger partial charge in [0.1, 0.15) is 0 Å². The van der Waals surface area contributed by atoms with Crippen LogP contribution < -0.4 is 5.32 Å². The number of rotatable bonds is 4. The Morgan fingerprint density at radius 1 is 1.58 bits per heavy atom. The number of hydrogen-bond acceptors (Lipinski definition) is 4. The van der Waals surface area contributed by atoms with Crippen molar-refractivity contribution in [1.82, 2.24) is 5.32 Å². The molecular weight excluding hydrogens is 288 g/mol. The Balaban J connectivity index is 2.04. The number of non-ortho nitro benzene ring substituents is 1. The smallest absolute Gasteiger partial charge is 0.270 e. The minimum atomic E-state index is -0.542. The monoisotopic (exact) mass is 300 g/mol. The molecule has 2 rings (SSSR count). The van der Waals surface area contributed by atoms with E-state index in [0.717, 1.165) is 12.2 Å². The standard InChI is InChI=1S/C12H13ClN2O3S/c13-11-4-3-8(15(17)18)6-10(11)12(16)14-7-9-2-1-5-19-9/h3-4,6,9H,1-2,5,7H2,(H,14,16). The van der Waals surface area contributed by atoms with E-state index in [1.165, 1.54) is 24.6 Å². The molecule has 102 valence electrons. The SMILES string of the molecule is O=C(NCC1CCCS1)c1cc([N+](=O)[O-])ccc1Cl. The van der Waals surface area contributed by atoms with E-state index in [-0.39, 0.29) is 22.2 Å². The topological polar surface area (TPSA) is 72.2 Å². The quantitative estimate of drug-likeness (QED) is 0.685. The van der Waals surface area contributed by atoms with Crippen LogP contribution in [0.5, 0.6) is 0 Å². The van der Waals surface area contributed by atoms with E-state index < -0.39 is 4.92 Å². The summed E-state index contributed by atoms with van der Waals surface area (Å²) in [6.07, 6.45) is 2.26. The van der Waals surface area contributed by atoms with E-state index in [9.17, 15) is 14.9 Å². The molecule has 1 heterocycles. The molecular formula is C12H13ClN2O3S. The Bertz CT molecular complexity index is 504. The number of nitro groups is 1. The molecule has 0 spiro atoms. The molecule has 1 aliphatic heterocycles. The van der Waals surface area contributed by atoms with Crippen LogP contribution in [0.2, 0.25) is 5.02 Å². The summed E-state index contributed by atoms with van der Waals surface area (Å²) in [5.41, 5.74) is 0.0173. The molecule has 1 N–H and O–H groups in total. The molecule has 0 saturated carbocycles. The number of nitrogens with zero attached hydrogens (tertiary/aromatic N) is 1. The summed E-state index contributed by atoms with van der Waals surface area (Å²) in [6.45, 7) is 0.572. The number of nitro benzene ring substituents is 1. The fourth-order valence-corrected chi connectivity index (χ4v) is 3.31. The Morgan fingerprint density at radius 3 is 3.00 bits per heavy atom. The zero-order chi connectivity index (χ0) is 13.8. The van der Waals surface area contributed by atoms with Gasteiger partial charge in [0.15, 0.2) is 0 Å². The van der Waals surface area contributed by atoms with E-state index >= 15 is 0 Å². The molecule has 1 atom stereocenters. The van der Waals surface area contributed by atoms with Gasteiger partial charge in [-0.15, -0.1) is 0 Å². The van der Waals surface area contributed by atoms with Crippen LogP contribution in [-0.2, 0) is 0 Å². The summed E-state index contributed by atoms with van der Waals surface area (Å²) in [6, 6.07) is 3.87. The maximum Gasteiger partial charge on any atom is 0.270 e. The lowest BCUT2D eigenvalue weighted by atomic mass is 10.2. The lowest BCUT2D eigenvalue weighted by Gasteiger charge is -2.10. The van der Waals surface area contributed by atoms with Crippen LogP contribution in [0.4, 0.5) is 5.69 Å². The highest BCUT2D eigenvalue weighted by molar-refractivity contribution is 8.00. The van der Waals surface area contributed by atoms with Gasteiger partial charge in [-0.2, -0.15) is 11.8 Å². The second-order valence-corrected chi connectivity index (χ2v) is 6.08. The molecule has 0 radical (unpaired) electrons. The van der Waals surface area contributed by atoms with Gasteiger partial charge in [-0.3, -0.25) is 14.9 Å². The summed E-state index contributed by atoms with van der Waals surface area (Å²) >= 11 is 7.74. The summed E-state index contributed by atoms with van der Waals surface area (Å²) in [4.78, 5) is 22.1. The molecule has 1 aromatic rings. The Labute approximate surface area is 119 Å². The van der Waals surface area contributed by atoms with Gasteiger partial charge in [-0.05, 0) is 24.7 Å². The van der Waals surface area contributed by atoms with Crippen LogP contribution >= 0.6 is 23.4 Å². The first-order valence-electron chi connectivity index (χ1n) is 5.91. The zero-order valence-electron chi connectivity index (χ0n) is 10.1. The molecule has 1 unspecified atom stereocenters. The van der Waals surface area contributed by atoms with Crippen LogP contribution in [0.1, 0.15) is 23.2 Å². The number of halogens is 1. The van der Waals surface area contributed by atoms with Gasteiger partial charge in [0.05, 0.1) is 15.5 Å². The average Bonchev–Trinajstić information content (AvgIpc) is 2.89. The van der Waals surface area contributed by atoms with Crippen molar-refractivity contribution in [3.8, 4) is 0 Å². The van der Waals surface area contributed by atoms with E-state index in [4.69, 9.17) is 11.6 Å². The van der Waals surface area contributed by atoms with Crippen LogP contribution in [0, 0.1) is 10.1 Å². The third-order valence-electron chi connectivity index (χ3n) is 2.92. The molecule has 1 fully saturated rings. The van der Waals surface area contributed by atoms with Crippen molar-refractivity contribution in [1.29, 1.82) is 0 Å². The van der Waals surface area contributed by atoms with Gasteiger partial charge >= 0.3 is 0 Å². The van der Waals surface area contributed by atoms with Crippen molar-refractivity contribution in [2.45, 2.75) is 18.1 Å². The van der Waals surface area contributed by atoms with Gasteiger partial charge in [0, 0.05) is 23.9 Å². The highest BCUT2D eigenvalue weighted by Gasteiger charge is 2.19. The summed E-state index contributed by atoms with van der Waals surface area (Å²) in [7, 11) is 0. The highest BCUT2D eigenvalue weighted by atomic mass is 35.5. The minimum absolute atomic E-state index is 0.134. The van der Waals surface area contributed by atoms with Crippen molar-refractivity contribution in [3.05, 3.63) is 38.9 Å². The molecule has 5 nitrogen and oxygen atoms in total. The van der Waals surface area contributed by atoms with Gasteiger partial charge in [0.2, 0.25) is 0 Å². The molecule has 0 bridgehead atoms. The largest absolute Gasteiger partial charge is 0.351 e. The van der Waals surface area contributed by atoms with Gasteiger partial charge in [-0.25, -0.2) is 0 Å². The molecule has 0 aromatic heterocycles. The average molecular weight is 301 g/mol. The maximum atomic E-state index is 12.0. The maximum absolute atomic E-state index is 12.0. The first-order valence-corrected chi connectivity index (χ1v) is 7.34. The second-order valence-electron chi connectivity index (χ2n) is 4.27. The summed E-state index contributed by atoms with van der Waals surface area (Å²) in [5.74, 6) is 0.763.